The number of hydrogen-bond donors (Lipinski definition) is 3. The smallest absolute Gasteiger partial charge is 0.395 e. The molecule has 1 heterocycles. The molecular formula is C23H17ClF4N2O3. The summed E-state index contributed by atoms with van der Waals surface area (Å²) in [5.41, 5.74) is -0.266. The predicted octanol–water partition coefficient (Wildman–Crippen LogP) is 4.69. The zero-order valence-electron chi connectivity index (χ0n) is 16.8. The van der Waals surface area contributed by atoms with Gasteiger partial charge in [-0.2, -0.15) is 13.2 Å². The number of carbonyl (C=O) groups excluding carboxylic acids is 1. The maximum atomic E-state index is 14.2. The second-order valence-corrected chi connectivity index (χ2v) is 7.72. The highest BCUT2D eigenvalue weighted by molar-refractivity contribution is 6.30. The number of aliphatic hydroxyl groups is 1. The number of fused-ring (bicyclic) bond motifs is 1. The molecule has 1 unspecified atom stereocenters. The summed E-state index contributed by atoms with van der Waals surface area (Å²) in [7, 11) is 0. The third-order valence-electron chi connectivity index (χ3n) is 5.30. The SMILES string of the molecule is O=C(NCCO)c1ccc(C2=CC(c3ccc(F)c(Cl)c3)(C(F)(F)F)ON2)c2ccccc12. The lowest BCUT2D eigenvalue weighted by atomic mass is 9.90. The molecule has 0 bridgehead atoms. The Hall–Kier alpha value is -3.14. The second kappa shape index (κ2) is 8.66. The molecule has 1 aliphatic heterocycles. The zero-order chi connectivity index (χ0) is 23.8. The number of carbonyl (C=O) groups is 1. The van der Waals surface area contributed by atoms with Crippen molar-refractivity contribution in [1.29, 1.82) is 0 Å². The fraction of sp³-hybridized carbons (Fsp3) is 0.174. The number of alkyl halides is 3. The standard InChI is InChI=1S/C23H17ClF4N2O3/c24-18-11-13(5-8-19(18)25)22(23(26,27)28)12-20(30-33-22)16-6-7-17(21(32)29-9-10-31)15-4-2-1-3-14(15)16/h1-8,11-12,30-31H,9-10H2,(H,29,32). The Bertz CT molecular complexity index is 1260. The molecule has 5 nitrogen and oxygen atoms in total. The summed E-state index contributed by atoms with van der Waals surface area (Å²) in [5, 5.41) is 12.0. The monoisotopic (exact) mass is 480 g/mol. The summed E-state index contributed by atoms with van der Waals surface area (Å²) in [5.74, 6) is -1.28. The summed E-state index contributed by atoms with van der Waals surface area (Å²) in [6.45, 7) is -0.174. The van der Waals surface area contributed by atoms with Gasteiger partial charge in [0.15, 0.2) is 0 Å². The third-order valence-corrected chi connectivity index (χ3v) is 5.59. The van der Waals surface area contributed by atoms with Gasteiger partial charge in [0.1, 0.15) is 5.82 Å². The van der Waals surface area contributed by atoms with E-state index < -0.39 is 34.1 Å². The fourth-order valence-electron chi connectivity index (χ4n) is 3.70. The average molecular weight is 481 g/mol. The lowest BCUT2D eigenvalue weighted by Gasteiger charge is -2.28. The van der Waals surface area contributed by atoms with Crippen LogP contribution in [-0.2, 0) is 10.4 Å². The zero-order valence-corrected chi connectivity index (χ0v) is 17.6. The molecular weight excluding hydrogens is 464 g/mol. The maximum Gasteiger partial charge on any atom is 0.428 e. The molecule has 10 heteroatoms. The van der Waals surface area contributed by atoms with E-state index >= 15 is 0 Å². The topological polar surface area (TPSA) is 70.6 Å². The summed E-state index contributed by atoms with van der Waals surface area (Å²) in [6, 6.07) is 12.4. The number of halogens is 5. The Labute approximate surface area is 190 Å². The van der Waals surface area contributed by atoms with Crippen LogP contribution in [0.4, 0.5) is 17.6 Å². The minimum absolute atomic E-state index is 0.0197. The number of nitrogens with one attached hydrogen (secondary N) is 2. The van der Waals surface area contributed by atoms with Crippen molar-refractivity contribution in [2.24, 2.45) is 0 Å². The van der Waals surface area contributed by atoms with Crippen LogP contribution in [0, 0.1) is 5.82 Å². The van der Waals surface area contributed by atoms with Crippen molar-refractivity contribution >= 4 is 34.0 Å². The Balaban J connectivity index is 1.85. The van der Waals surface area contributed by atoms with Gasteiger partial charge < -0.3 is 10.4 Å². The highest BCUT2D eigenvalue weighted by Gasteiger charge is 2.59. The summed E-state index contributed by atoms with van der Waals surface area (Å²) in [4.78, 5) is 17.5. The van der Waals surface area contributed by atoms with Crippen molar-refractivity contribution < 1.29 is 32.3 Å². The molecule has 0 spiro atoms. The first kappa shape index (κ1) is 23.0. The molecule has 3 N–H and O–H groups in total. The number of amides is 1. The number of benzene rings is 3. The van der Waals surface area contributed by atoms with Crippen molar-refractivity contribution in [1.82, 2.24) is 10.8 Å². The van der Waals surface area contributed by atoms with Gasteiger partial charge in [0.2, 0.25) is 5.60 Å². The van der Waals surface area contributed by atoms with Crippen molar-refractivity contribution in [2.75, 3.05) is 13.2 Å². The lowest BCUT2D eigenvalue weighted by molar-refractivity contribution is -0.269. The molecule has 1 atom stereocenters. The molecule has 0 fully saturated rings. The van der Waals surface area contributed by atoms with E-state index in [2.05, 4.69) is 10.8 Å². The summed E-state index contributed by atoms with van der Waals surface area (Å²) in [6.07, 6.45) is -4.04. The Morgan fingerprint density at radius 1 is 1.12 bits per heavy atom. The number of aliphatic hydroxyl groups excluding tert-OH is 1. The van der Waals surface area contributed by atoms with E-state index in [1.54, 1.807) is 24.3 Å². The van der Waals surface area contributed by atoms with Gasteiger partial charge in [0.05, 0.1) is 17.3 Å². The third kappa shape index (κ3) is 4.03. The van der Waals surface area contributed by atoms with Crippen LogP contribution in [0.1, 0.15) is 21.5 Å². The first-order valence-electron chi connectivity index (χ1n) is 9.78. The van der Waals surface area contributed by atoms with Crippen molar-refractivity contribution in [3.8, 4) is 0 Å². The van der Waals surface area contributed by atoms with E-state index in [-0.39, 0.29) is 18.8 Å². The molecule has 1 aliphatic rings. The van der Waals surface area contributed by atoms with Gasteiger partial charge in [0.25, 0.3) is 5.91 Å². The highest BCUT2D eigenvalue weighted by atomic mass is 35.5. The molecule has 33 heavy (non-hydrogen) atoms. The van der Waals surface area contributed by atoms with E-state index in [0.717, 1.165) is 24.3 Å². The van der Waals surface area contributed by atoms with Crippen molar-refractivity contribution in [3.05, 3.63) is 88.2 Å². The molecule has 4 rings (SSSR count). The molecule has 0 saturated heterocycles. The van der Waals surface area contributed by atoms with Gasteiger partial charge in [-0.15, -0.1) is 0 Å². The lowest BCUT2D eigenvalue weighted by Crippen LogP contribution is -2.42. The van der Waals surface area contributed by atoms with Crippen LogP contribution in [0.25, 0.3) is 16.5 Å². The number of rotatable bonds is 5. The summed E-state index contributed by atoms with van der Waals surface area (Å²) >= 11 is 5.73. The number of hydroxylamine groups is 1. The molecule has 0 aliphatic carbocycles. The normalized spacial score (nSPS) is 18.2. The molecule has 1 amide bonds. The quantitative estimate of drug-likeness (QED) is 0.463. The molecule has 0 saturated carbocycles. The Morgan fingerprint density at radius 2 is 1.85 bits per heavy atom. The minimum atomic E-state index is -4.90. The molecule has 0 aromatic heterocycles. The van der Waals surface area contributed by atoms with Gasteiger partial charge in [-0.1, -0.05) is 48.0 Å². The van der Waals surface area contributed by atoms with E-state index in [1.165, 1.54) is 12.1 Å². The second-order valence-electron chi connectivity index (χ2n) is 7.31. The van der Waals surface area contributed by atoms with Crippen LogP contribution in [0.2, 0.25) is 5.02 Å². The van der Waals surface area contributed by atoms with Crippen LogP contribution in [-0.4, -0.2) is 30.3 Å². The van der Waals surface area contributed by atoms with Crippen molar-refractivity contribution in [2.45, 2.75) is 11.8 Å². The molecule has 0 radical (unpaired) electrons. The van der Waals surface area contributed by atoms with E-state index in [0.29, 0.717) is 21.9 Å². The molecule has 172 valence electrons. The molecule has 3 aromatic carbocycles. The Morgan fingerprint density at radius 3 is 2.52 bits per heavy atom. The fourth-order valence-corrected chi connectivity index (χ4v) is 3.88. The van der Waals surface area contributed by atoms with E-state index in [4.69, 9.17) is 21.5 Å². The first-order valence-corrected chi connectivity index (χ1v) is 10.2. The van der Waals surface area contributed by atoms with Gasteiger partial charge in [-0.25, -0.2) is 4.39 Å². The predicted molar refractivity (Wildman–Crippen MR) is 115 cm³/mol. The van der Waals surface area contributed by atoms with Gasteiger partial charge in [0, 0.05) is 23.2 Å². The van der Waals surface area contributed by atoms with Crippen LogP contribution in [0.3, 0.4) is 0 Å². The first-order chi connectivity index (χ1) is 15.7. The van der Waals surface area contributed by atoms with Crippen LogP contribution >= 0.6 is 11.6 Å². The van der Waals surface area contributed by atoms with Gasteiger partial charge in [-0.05, 0) is 35.0 Å². The van der Waals surface area contributed by atoms with E-state index in [1.807, 2.05) is 0 Å². The van der Waals surface area contributed by atoms with Crippen LogP contribution in [0.5, 0.6) is 0 Å². The van der Waals surface area contributed by atoms with Gasteiger partial charge in [-0.3, -0.25) is 15.1 Å². The highest BCUT2D eigenvalue weighted by Crippen LogP contribution is 2.48. The minimum Gasteiger partial charge on any atom is -0.395 e. The van der Waals surface area contributed by atoms with Crippen molar-refractivity contribution in [3.63, 3.8) is 0 Å². The van der Waals surface area contributed by atoms with E-state index in [9.17, 15) is 22.4 Å². The van der Waals surface area contributed by atoms with Crippen LogP contribution < -0.4 is 10.8 Å². The average Bonchev–Trinajstić information content (AvgIpc) is 3.25. The maximum absolute atomic E-state index is 14.2. The summed E-state index contributed by atoms with van der Waals surface area (Å²) < 4.78 is 56.2. The largest absolute Gasteiger partial charge is 0.428 e. The number of hydrogen-bond acceptors (Lipinski definition) is 4. The molecule has 3 aromatic rings. The Kier molecular flexibility index (Phi) is 6.04. The van der Waals surface area contributed by atoms with Gasteiger partial charge >= 0.3 is 6.18 Å². The van der Waals surface area contributed by atoms with Crippen LogP contribution in [0.15, 0.2) is 60.7 Å².